The molecule has 162 valence electrons. The Bertz CT molecular complexity index is 974. The summed E-state index contributed by atoms with van der Waals surface area (Å²) in [5.41, 5.74) is 0.330. The fraction of sp³-hybridized carbons (Fsp3) is 0.350. The largest absolute Gasteiger partial charge is 0.398 e. The first kappa shape index (κ1) is 22.6. The lowest BCUT2D eigenvalue weighted by atomic mass is 9.97. The summed E-state index contributed by atoms with van der Waals surface area (Å²) in [7, 11) is -3.61. The number of piperidine rings is 1. The molecule has 2 aromatic carbocycles. The normalized spacial score (nSPS) is 16.4. The zero-order valence-electron chi connectivity index (χ0n) is 15.9. The first-order valence-electron chi connectivity index (χ1n) is 9.31. The molecule has 0 saturated carbocycles. The maximum atomic E-state index is 12.7. The number of thioether (sulfide) groups is 1. The minimum absolute atomic E-state index is 0.208. The number of anilines is 1. The van der Waals surface area contributed by atoms with Crippen molar-refractivity contribution in [1.29, 1.82) is 0 Å². The monoisotopic (exact) mass is 458 g/mol. The number of nitrogens with one attached hydrogen (secondary N) is 1. The topological polar surface area (TPSA) is 66.5 Å². The molecule has 0 spiro atoms. The van der Waals surface area contributed by atoms with Gasteiger partial charge in [-0.1, -0.05) is 30.3 Å². The van der Waals surface area contributed by atoms with Gasteiger partial charge in [-0.05, 0) is 37.1 Å². The molecule has 1 saturated heterocycles. The lowest BCUT2D eigenvalue weighted by Crippen LogP contribution is -2.41. The van der Waals surface area contributed by atoms with Crippen LogP contribution >= 0.6 is 11.8 Å². The molecular weight excluding hydrogens is 437 g/mol. The third-order valence-corrected chi connectivity index (χ3v) is 7.79. The Hall–Kier alpha value is -2.04. The number of sulfonamides is 1. The summed E-state index contributed by atoms with van der Waals surface area (Å²) < 4.78 is 64.3. The number of carbonyl (C=O) groups is 1. The third-order valence-electron chi connectivity index (χ3n) is 4.74. The van der Waals surface area contributed by atoms with E-state index in [1.807, 2.05) is 0 Å². The summed E-state index contributed by atoms with van der Waals surface area (Å²) in [6.07, 6.45) is -3.62. The zero-order valence-corrected chi connectivity index (χ0v) is 17.6. The minimum atomic E-state index is -4.31. The van der Waals surface area contributed by atoms with Crippen LogP contribution in [0.5, 0.6) is 0 Å². The maximum absolute atomic E-state index is 12.7. The van der Waals surface area contributed by atoms with Gasteiger partial charge in [-0.3, -0.25) is 4.79 Å². The van der Waals surface area contributed by atoms with Crippen LogP contribution in [0.15, 0.2) is 64.4 Å². The van der Waals surface area contributed by atoms with Crippen LogP contribution in [0.2, 0.25) is 0 Å². The van der Waals surface area contributed by atoms with Crippen molar-refractivity contribution in [3.63, 3.8) is 0 Å². The second kappa shape index (κ2) is 9.40. The molecule has 1 aliphatic heterocycles. The van der Waals surface area contributed by atoms with Gasteiger partial charge in [0.15, 0.2) is 0 Å². The summed E-state index contributed by atoms with van der Waals surface area (Å²) in [6, 6.07) is 14.5. The summed E-state index contributed by atoms with van der Waals surface area (Å²) in [4.78, 5) is 13.2. The van der Waals surface area contributed by atoms with E-state index >= 15 is 0 Å². The molecular formula is C20H21F3N2O3S2. The Morgan fingerprint density at radius 2 is 1.63 bits per heavy atom. The number of hydrogen-bond donors (Lipinski definition) is 1. The Morgan fingerprint density at radius 1 is 1.03 bits per heavy atom. The predicted molar refractivity (Wildman–Crippen MR) is 110 cm³/mol. The highest BCUT2D eigenvalue weighted by molar-refractivity contribution is 7.99. The fourth-order valence-corrected chi connectivity index (χ4v) is 5.45. The Kier molecular flexibility index (Phi) is 7.10. The van der Waals surface area contributed by atoms with Crippen LogP contribution in [0.3, 0.4) is 0 Å². The molecule has 0 unspecified atom stereocenters. The van der Waals surface area contributed by atoms with Gasteiger partial charge in [0.25, 0.3) is 0 Å². The van der Waals surface area contributed by atoms with Crippen molar-refractivity contribution in [2.75, 3.05) is 24.2 Å². The van der Waals surface area contributed by atoms with Crippen molar-refractivity contribution >= 4 is 33.4 Å². The number of alkyl halides is 3. The Balaban J connectivity index is 1.60. The van der Waals surface area contributed by atoms with E-state index in [1.165, 1.54) is 22.5 Å². The molecule has 3 rings (SSSR count). The van der Waals surface area contributed by atoms with E-state index in [4.69, 9.17) is 0 Å². The second-order valence-electron chi connectivity index (χ2n) is 6.88. The quantitative estimate of drug-likeness (QED) is 0.653. The number of halogens is 3. The van der Waals surface area contributed by atoms with E-state index in [1.54, 1.807) is 36.4 Å². The molecule has 0 aliphatic carbocycles. The lowest BCUT2D eigenvalue weighted by molar-refractivity contribution is -0.121. The van der Waals surface area contributed by atoms with Gasteiger partial charge >= 0.3 is 6.18 Å². The van der Waals surface area contributed by atoms with Crippen molar-refractivity contribution in [1.82, 2.24) is 4.31 Å². The lowest BCUT2D eigenvalue weighted by Gasteiger charge is -2.30. The Labute approximate surface area is 177 Å². The van der Waals surface area contributed by atoms with Gasteiger partial charge in [0.1, 0.15) is 0 Å². The van der Waals surface area contributed by atoms with Crippen LogP contribution in [-0.4, -0.2) is 43.6 Å². The van der Waals surface area contributed by atoms with Crippen LogP contribution in [0.25, 0.3) is 0 Å². The molecule has 0 atom stereocenters. The minimum Gasteiger partial charge on any atom is -0.325 e. The van der Waals surface area contributed by atoms with Crippen LogP contribution in [0, 0.1) is 5.92 Å². The molecule has 30 heavy (non-hydrogen) atoms. The molecule has 10 heteroatoms. The highest BCUT2D eigenvalue weighted by atomic mass is 32.2. The zero-order chi connectivity index (χ0) is 21.8. The first-order valence-corrected chi connectivity index (χ1v) is 11.7. The highest BCUT2D eigenvalue weighted by Gasteiger charge is 2.32. The number of carbonyl (C=O) groups excluding carboxylic acids is 1. The van der Waals surface area contributed by atoms with Gasteiger partial charge in [0, 0.05) is 23.9 Å². The Morgan fingerprint density at radius 3 is 2.27 bits per heavy atom. The maximum Gasteiger partial charge on any atom is 0.398 e. The van der Waals surface area contributed by atoms with E-state index in [9.17, 15) is 26.4 Å². The average molecular weight is 459 g/mol. The van der Waals surface area contributed by atoms with Crippen molar-refractivity contribution in [2.24, 2.45) is 5.92 Å². The highest BCUT2D eigenvalue weighted by Crippen LogP contribution is 2.33. The molecule has 1 aliphatic rings. The number of amides is 1. The summed E-state index contributed by atoms with van der Waals surface area (Å²) in [6.45, 7) is 0.416. The molecule has 5 nitrogen and oxygen atoms in total. The van der Waals surface area contributed by atoms with E-state index < -0.39 is 27.9 Å². The summed E-state index contributed by atoms with van der Waals surface area (Å²) in [5.74, 6) is -1.77. The average Bonchev–Trinajstić information content (AvgIpc) is 2.73. The molecule has 0 aromatic heterocycles. The molecule has 0 bridgehead atoms. The van der Waals surface area contributed by atoms with E-state index in [0.717, 1.165) is 0 Å². The number of rotatable bonds is 6. The number of nitrogens with zero attached hydrogens (tertiary/aromatic N) is 1. The van der Waals surface area contributed by atoms with Gasteiger partial charge in [-0.2, -0.15) is 17.5 Å². The van der Waals surface area contributed by atoms with E-state index in [0.29, 0.717) is 35.2 Å². The van der Waals surface area contributed by atoms with E-state index in [-0.39, 0.29) is 23.9 Å². The molecule has 1 N–H and O–H groups in total. The van der Waals surface area contributed by atoms with Crippen molar-refractivity contribution in [2.45, 2.75) is 28.8 Å². The van der Waals surface area contributed by atoms with Gasteiger partial charge in [0.2, 0.25) is 15.9 Å². The number of para-hydroxylation sites is 1. The third kappa shape index (κ3) is 5.77. The van der Waals surface area contributed by atoms with Crippen molar-refractivity contribution in [3.05, 3.63) is 54.6 Å². The van der Waals surface area contributed by atoms with Crippen LogP contribution in [0.4, 0.5) is 18.9 Å². The van der Waals surface area contributed by atoms with Gasteiger partial charge in [0.05, 0.1) is 16.3 Å². The smallest absolute Gasteiger partial charge is 0.325 e. The predicted octanol–water partition coefficient (Wildman–Crippen LogP) is 4.38. The van der Waals surface area contributed by atoms with E-state index in [2.05, 4.69) is 5.32 Å². The SMILES string of the molecule is O=C(Nc1ccccc1SCC(F)(F)F)C1CCN(S(=O)(=O)c2ccccc2)CC1. The van der Waals surface area contributed by atoms with Crippen LogP contribution < -0.4 is 5.32 Å². The van der Waals surface area contributed by atoms with Crippen LogP contribution in [-0.2, 0) is 14.8 Å². The molecule has 1 amide bonds. The standard InChI is InChI=1S/C20H21F3N2O3S2/c21-20(22,23)14-29-18-9-5-4-8-17(18)24-19(26)15-10-12-25(13-11-15)30(27,28)16-6-2-1-3-7-16/h1-9,15H,10-14H2,(H,24,26). The van der Waals surface area contributed by atoms with Gasteiger partial charge in [-0.15, -0.1) is 11.8 Å². The summed E-state index contributed by atoms with van der Waals surface area (Å²) >= 11 is 0.617. The first-order chi connectivity index (χ1) is 14.2. The molecule has 1 fully saturated rings. The van der Waals surface area contributed by atoms with Gasteiger partial charge < -0.3 is 5.32 Å². The second-order valence-corrected chi connectivity index (χ2v) is 9.84. The fourth-order valence-electron chi connectivity index (χ4n) is 3.19. The number of hydrogen-bond acceptors (Lipinski definition) is 4. The molecule has 0 radical (unpaired) electrons. The summed E-state index contributed by atoms with van der Waals surface area (Å²) in [5, 5.41) is 2.71. The molecule has 2 aromatic rings. The molecule has 1 heterocycles. The van der Waals surface area contributed by atoms with Gasteiger partial charge in [-0.25, -0.2) is 8.42 Å². The van der Waals surface area contributed by atoms with Crippen molar-refractivity contribution < 1.29 is 26.4 Å². The van der Waals surface area contributed by atoms with Crippen molar-refractivity contribution in [3.8, 4) is 0 Å². The number of benzene rings is 2. The van der Waals surface area contributed by atoms with Crippen LogP contribution in [0.1, 0.15) is 12.8 Å².